The van der Waals surface area contributed by atoms with Crippen LogP contribution in [0.3, 0.4) is 0 Å². The molecule has 156 valence electrons. The Kier molecular flexibility index (Phi) is 5.05. The van der Waals surface area contributed by atoms with E-state index in [4.69, 9.17) is 4.74 Å². The minimum Gasteiger partial charge on any atom is -0.444 e. The number of aromatic nitrogens is 3. The molecule has 1 aliphatic carbocycles. The van der Waals surface area contributed by atoms with Crippen molar-refractivity contribution >= 4 is 6.09 Å². The van der Waals surface area contributed by atoms with E-state index in [9.17, 15) is 9.18 Å². The Bertz CT molecular complexity index is 1030. The van der Waals surface area contributed by atoms with Crippen LogP contribution < -0.4 is 5.32 Å². The number of carbonyl (C=O) groups is 1. The Morgan fingerprint density at radius 2 is 1.90 bits per heavy atom. The van der Waals surface area contributed by atoms with Crippen molar-refractivity contribution in [3.8, 4) is 11.4 Å². The number of halogens is 1. The number of carbonyl (C=O) groups excluding carboxylic acids is 1. The Labute approximate surface area is 174 Å². The lowest BCUT2D eigenvalue weighted by Crippen LogP contribution is -2.41. The smallest absolute Gasteiger partial charge is 0.408 e. The van der Waals surface area contributed by atoms with Gasteiger partial charge in [0.15, 0.2) is 11.6 Å². The molecule has 1 heterocycles. The number of nitrogens with one attached hydrogen (secondary N) is 2. The summed E-state index contributed by atoms with van der Waals surface area (Å²) in [5.41, 5.74) is 0.611. The molecule has 0 spiro atoms. The molecule has 0 saturated heterocycles. The highest BCUT2D eigenvalue weighted by atomic mass is 19.1. The molecule has 3 aromatic rings. The normalized spacial score (nSPS) is 20.6. The fraction of sp³-hybridized carbons (Fsp3) is 0.348. The third-order valence-corrected chi connectivity index (χ3v) is 5.16. The Morgan fingerprint density at radius 3 is 2.57 bits per heavy atom. The zero-order valence-electron chi connectivity index (χ0n) is 17.3. The van der Waals surface area contributed by atoms with Crippen molar-refractivity contribution in [2.45, 2.75) is 44.8 Å². The predicted molar refractivity (Wildman–Crippen MR) is 111 cm³/mol. The van der Waals surface area contributed by atoms with Crippen molar-refractivity contribution in [1.29, 1.82) is 0 Å². The van der Waals surface area contributed by atoms with Gasteiger partial charge in [0, 0.05) is 5.56 Å². The summed E-state index contributed by atoms with van der Waals surface area (Å²) in [6.07, 6.45) is 1.03. The van der Waals surface area contributed by atoms with Gasteiger partial charge in [0.2, 0.25) is 0 Å². The van der Waals surface area contributed by atoms with Gasteiger partial charge in [-0.25, -0.2) is 14.2 Å². The molecule has 0 bridgehead atoms. The zero-order valence-corrected chi connectivity index (χ0v) is 17.3. The summed E-state index contributed by atoms with van der Waals surface area (Å²) < 4.78 is 18.7. The lowest BCUT2D eigenvalue weighted by Gasteiger charge is -2.23. The van der Waals surface area contributed by atoms with E-state index in [0.29, 0.717) is 17.2 Å². The third kappa shape index (κ3) is 4.35. The highest BCUT2D eigenvalue weighted by Gasteiger charge is 2.59. The second-order valence-corrected chi connectivity index (χ2v) is 8.70. The number of hydrogen-bond acceptors (Lipinski definition) is 4. The summed E-state index contributed by atoms with van der Waals surface area (Å²) in [4.78, 5) is 17.2. The van der Waals surface area contributed by atoms with Crippen molar-refractivity contribution in [1.82, 2.24) is 20.5 Å². The van der Waals surface area contributed by atoms with Gasteiger partial charge in [0.05, 0.1) is 0 Å². The second kappa shape index (κ2) is 7.55. The molecule has 2 unspecified atom stereocenters. The van der Waals surface area contributed by atoms with Gasteiger partial charge < -0.3 is 10.1 Å². The van der Waals surface area contributed by atoms with E-state index in [1.54, 1.807) is 12.1 Å². The monoisotopic (exact) mass is 408 g/mol. The molecule has 7 heteroatoms. The summed E-state index contributed by atoms with van der Waals surface area (Å²) in [7, 11) is 0. The molecule has 1 fully saturated rings. The lowest BCUT2D eigenvalue weighted by atomic mass is 10.0. The van der Waals surface area contributed by atoms with E-state index in [1.807, 2.05) is 39.0 Å². The first kappa shape index (κ1) is 20.1. The number of benzene rings is 2. The van der Waals surface area contributed by atoms with Crippen LogP contribution in [0, 0.1) is 11.7 Å². The topological polar surface area (TPSA) is 79.9 Å². The molecule has 0 radical (unpaired) electrons. The van der Waals surface area contributed by atoms with Crippen molar-refractivity contribution in [2.24, 2.45) is 5.92 Å². The maximum absolute atomic E-state index is 13.2. The van der Waals surface area contributed by atoms with Gasteiger partial charge >= 0.3 is 6.09 Å². The van der Waals surface area contributed by atoms with Crippen LogP contribution in [-0.4, -0.2) is 26.9 Å². The molecule has 2 aromatic carbocycles. The number of nitrogens with zero attached hydrogens (tertiary/aromatic N) is 2. The summed E-state index contributed by atoms with van der Waals surface area (Å²) in [5, 5.41) is 10.3. The maximum atomic E-state index is 13.2. The van der Waals surface area contributed by atoms with Gasteiger partial charge in [-0.15, -0.1) is 0 Å². The van der Waals surface area contributed by atoms with Crippen LogP contribution in [-0.2, 0) is 16.7 Å². The first-order chi connectivity index (χ1) is 14.2. The number of ether oxygens (including phenoxy) is 1. The summed E-state index contributed by atoms with van der Waals surface area (Å²) >= 11 is 0. The fourth-order valence-electron chi connectivity index (χ4n) is 3.65. The Balaban J connectivity index is 1.60. The van der Waals surface area contributed by atoms with Crippen molar-refractivity contribution in [3.63, 3.8) is 0 Å². The van der Waals surface area contributed by atoms with E-state index in [1.165, 1.54) is 17.7 Å². The molecule has 2 atom stereocenters. The van der Waals surface area contributed by atoms with Crippen LogP contribution in [0.1, 0.15) is 38.6 Å². The Morgan fingerprint density at radius 1 is 1.20 bits per heavy atom. The molecular weight excluding hydrogens is 383 g/mol. The van der Waals surface area contributed by atoms with E-state index in [0.717, 1.165) is 12.8 Å². The SMILES string of the molecule is CC(C)(C)OC(=O)NC1(c2nc(-c3ccc(F)cc3)n[nH]2)CC1Cc1ccccc1. The number of H-pyrrole nitrogens is 1. The van der Waals surface area contributed by atoms with Gasteiger partial charge in [-0.3, -0.25) is 5.10 Å². The number of hydrogen-bond donors (Lipinski definition) is 2. The summed E-state index contributed by atoms with van der Waals surface area (Å²) in [6.45, 7) is 5.48. The van der Waals surface area contributed by atoms with Crippen LogP contribution in [0.25, 0.3) is 11.4 Å². The van der Waals surface area contributed by atoms with E-state index in [2.05, 4.69) is 32.6 Å². The molecule has 6 nitrogen and oxygen atoms in total. The van der Waals surface area contributed by atoms with Gasteiger partial charge in [0.25, 0.3) is 0 Å². The lowest BCUT2D eigenvalue weighted by molar-refractivity contribution is 0.0486. The molecule has 1 saturated carbocycles. The molecule has 1 aromatic heterocycles. The quantitative estimate of drug-likeness (QED) is 0.647. The van der Waals surface area contributed by atoms with Crippen LogP contribution >= 0.6 is 0 Å². The van der Waals surface area contributed by atoms with Gasteiger partial charge in [-0.2, -0.15) is 5.10 Å². The first-order valence-electron chi connectivity index (χ1n) is 9.99. The highest BCUT2D eigenvalue weighted by molar-refractivity contribution is 5.70. The summed E-state index contributed by atoms with van der Waals surface area (Å²) in [5.74, 6) is 0.874. The minimum atomic E-state index is -0.677. The minimum absolute atomic E-state index is 0.154. The molecule has 4 rings (SSSR count). The third-order valence-electron chi connectivity index (χ3n) is 5.16. The fourth-order valence-corrected chi connectivity index (χ4v) is 3.65. The average molecular weight is 408 g/mol. The van der Waals surface area contributed by atoms with Crippen molar-refractivity contribution < 1.29 is 13.9 Å². The average Bonchev–Trinajstić information content (AvgIpc) is 3.12. The molecular formula is C23H25FN4O2. The highest BCUT2D eigenvalue weighted by Crippen LogP contribution is 2.52. The van der Waals surface area contributed by atoms with Crippen molar-refractivity contribution in [2.75, 3.05) is 0 Å². The summed E-state index contributed by atoms with van der Waals surface area (Å²) in [6, 6.07) is 16.1. The zero-order chi connectivity index (χ0) is 21.4. The van der Waals surface area contributed by atoms with E-state index >= 15 is 0 Å². The first-order valence-corrected chi connectivity index (χ1v) is 9.99. The molecule has 30 heavy (non-hydrogen) atoms. The van der Waals surface area contributed by atoms with E-state index < -0.39 is 17.2 Å². The largest absolute Gasteiger partial charge is 0.444 e. The van der Waals surface area contributed by atoms with Gasteiger partial charge in [-0.1, -0.05) is 30.3 Å². The van der Waals surface area contributed by atoms with Crippen LogP contribution in [0.4, 0.5) is 9.18 Å². The van der Waals surface area contributed by atoms with Gasteiger partial charge in [-0.05, 0) is 69.4 Å². The number of alkyl carbamates (subject to hydrolysis) is 1. The molecule has 0 aliphatic heterocycles. The molecule has 2 N–H and O–H groups in total. The molecule has 1 amide bonds. The standard InChI is InChI=1S/C23H25FN4O2/c1-22(2,3)30-21(29)26-23(14-17(23)13-15-7-5-4-6-8-15)20-25-19(27-28-20)16-9-11-18(24)12-10-16/h4-12,17H,13-14H2,1-3H3,(H,26,29)(H,25,27,28). The van der Waals surface area contributed by atoms with Crippen LogP contribution in [0.15, 0.2) is 54.6 Å². The number of rotatable bonds is 5. The van der Waals surface area contributed by atoms with Crippen LogP contribution in [0.5, 0.6) is 0 Å². The van der Waals surface area contributed by atoms with Crippen LogP contribution in [0.2, 0.25) is 0 Å². The maximum Gasteiger partial charge on any atom is 0.408 e. The number of aromatic amines is 1. The Hall–Kier alpha value is -3.22. The van der Waals surface area contributed by atoms with E-state index in [-0.39, 0.29) is 11.7 Å². The van der Waals surface area contributed by atoms with Crippen molar-refractivity contribution in [3.05, 3.63) is 71.8 Å². The molecule has 1 aliphatic rings. The number of amides is 1. The van der Waals surface area contributed by atoms with Gasteiger partial charge in [0.1, 0.15) is 17.0 Å². The predicted octanol–water partition coefficient (Wildman–Crippen LogP) is 4.59. The second-order valence-electron chi connectivity index (χ2n) is 8.70.